The number of methoxy groups -OCH3 is 4. The Morgan fingerprint density at radius 2 is 1.48 bits per heavy atom. The standard InChI is InChI=1S/C22H27N3O6/c1-28-17-9-7-15(12-19(17)30-3)14-24-25-21(26)6-5-11-23-22(27)16-8-10-18(29-2)20(13-16)31-4/h7-10,12-14H,5-6,11H2,1-4H3,(H,23,27)(H,25,26)/b24-14+. The van der Waals surface area contributed by atoms with Gasteiger partial charge < -0.3 is 24.3 Å². The SMILES string of the molecule is COc1ccc(/C=N/NC(=O)CCCNC(=O)c2ccc(OC)c(OC)c2)cc1OC. The van der Waals surface area contributed by atoms with E-state index in [1.165, 1.54) is 20.4 Å². The lowest BCUT2D eigenvalue weighted by atomic mass is 10.2. The number of nitrogens with zero attached hydrogens (tertiary/aromatic N) is 1. The quantitative estimate of drug-likeness (QED) is 0.323. The third-order valence-electron chi connectivity index (χ3n) is 4.32. The molecule has 0 saturated carbocycles. The first-order valence-corrected chi connectivity index (χ1v) is 9.56. The molecule has 2 rings (SSSR count). The Bertz CT molecular complexity index is 929. The summed E-state index contributed by atoms with van der Waals surface area (Å²) in [6.07, 6.45) is 2.20. The summed E-state index contributed by atoms with van der Waals surface area (Å²) in [5, 5.41) is 6.70. The van der Waals surface area contributed by atoms with Crippen molar-refractivity contribution in [3.05, 3.63) is 47.5 Å². The first-order valence-electron chi connectivity index (χ1n) is 9.56. The fraction of sp³-hybridized carbons (Fsp3) is 0.318. The number of hydrogen-bond donors (Lipinski definition) is 2. The van der Waals surface area contributed by atoms with E-state index in [0.29, 0.717) is 41.5 Å². The lowest BCUT2D eigenvalue weighted by Gasteiger charge is -2.10. The first kappa shape index (κ1) is 23.5. The molecular weight excluding hydrogens is 402 g/mol. The second-order valence-electron chi connectivity index (χ2n) is 6.34. The Balaban J connectivity index is 1.75. The lowest BCUT2D eigenvalue weighted by molar-refractivity contribution is -0.121. The second-order valence-corrected chi connectivity index (χ2v) is 6.34. The highest BCUT2D eigenvalue weighted by atomic mass is 16.5. The summed E-state index contributed by atoms with van der Waals surface area (Å²) >= 11 is 0. The van der Waals surface area contributed by atoms with Crippen LogP contribution in [0.15, 0.2) is 41.5 Å². The molecule has 0 unspecified atom stereocenters. The van der Waals surface area contributed by atoms with Crippen molar-refractivity contribution in [3.8, 4) is 23.0 Å². The Hall–Kier alpha value is -3.75. The van der Waals surface area contributed by atoms with Gasteiger partial charge in [-0.15, -0.1) is 0 Å². The molecule has 166 valence electrons. The lowest BCUT2D eigenvalue weighted by Crippen LogP contribution is -2.26. The first-order chi connectivity index (χ1) is 15.0. The van der Waals surface area contributed by atoms with Gasteiger partial charge in [0, 0.05) is 18.5 Å². The minimum atomic E-state index is -0.257. The molecule has 0 atom stereocenters. The van der Waals surface area contributed by atoms with Crippen LogP contribution in [0.4, 0.5) is 0 Å². The summed E-state index contributed by atoms with van der Waals surface area (Å²) in [6.45, 7) is 0.347. The normalized spacial score (nSPS) is 10.5. The molecule has 0 aliphatic carbocycles. The minimum absolute atomic E-state index is 0.218. The van der Waals surface area contributed by atoms with Crippen LogP contribution in [0, 0.1) is 0 Å². The predicted octanol–water partition coefficient (Wildman–Crippen LogP) is 2.38. The molecule has 2 aromatic rings. The smallest absolute Gasteiger partial charge is 0.251 e. The molecule has 0 saturated heterocycles. The number of amides is 2. The minimum Gasteiger partial charge on any atom is -0.493 e. The number of hydrazone groups is 1. The van der Waals surface area contributed by atoms with Gasteiger partial charge in [-0.3, -0.25) is 9.59 Å². The molecule has 0 aliphatic heterocycles. The van der Waals surface area contributed by atoms with E-state index in [4.69, 9.17) is 18.9 Å². The van der Waals surface area contributed by atoms with Gasteiger partial charge in [0.15, 0.2) is 23.0 Å². The van der Waals surface area contributed by atoms with Crippen LogP contribution < -0.4 is 29.7 Å². The molecule has 0 radical (unpaired) electrons. The Labute approximate surface area is 181 Å². The molecule has 0 aromatic heterocycles. The highest BCUT2D eigenvalue weighted by Gasteiger charge is 2.10. The predicted molar refractivity (Wildman–Crippen MR) is 116 cm³/mol. The maximum absolute atomic E-state index is 12.2. The van der Waals surface area contributed by atoms with E-state index in [2.05, 4.69) is 15.8 Å². The third-order valence-corrected chi connectivity index (χ3v) is 4.32. The van der Waals surface area contributed by atoms with Crippen LogP contribution in [0.1, 0.15) is 28.8 Å². The van der Waals surface area contributed by atoms with Gasteiger partial charge in [0.25, 0.3) is 5.91 Å². The molecule has 9 heteroatoms. The number of carbonyl (C=O) groups excluding carboxylic acids is 2. The number of hydrogen-bond acceptors (Lipinski definition) is 7. The Morgan fingerprint density at radius 1 is 0.871 bits per heavy atom. The van der Waals surface area contributed by atoms with Gasteiger partial charge in [0.05, 0.1) is 34.7 Å². The van der Waals surface area contributed by atoms with Crippen molar-refractivity contribution in [2.24, 2.45) is 5.10 Å². The Morgan fingerprint density at radius 3 is 2.13 bits per heavy atom. The van der Waals surface area contributed by atoms with Crippen molar-refractivity contribution in [1.29, 1.82) is 0 Å². The molecule has 0 fully saturated rings. The van der Waals surface area contributed by atoms with Crippen LogP contribution in [0.5, 0.6) is 23.0 Å². The number of benzene rings is 2. The van der Waals surface area contributed by atoms with E-state index in [9.17, 15) is 9.59 Å². The van der Waals surface area contributed by atoms with Gasteiger partial charge in [-0.05, 0) is 48.4 Å². The van der Waals surface area contributed by atoms with Crippen molar-refractivity contribution in [1.82, 2.24) is 10.7 Å². The highest BCUT2D eigenvalue weighted by Crippen LogP contribution is 2.28. The molecule has 2 N–H and O–H groups in total. The van der Waals surface area contributed by atoms with E-state index in [-0.39, 0.29) is 18.2 Å². The topological polar surface area (TPSA) is 107 Å². The average molecular weight is 429 g/mol. The van der Waals surface area contributed by atoms with Crippen molar-refractivity contribution >= 4 is 18.0 Å². The van der Waals surface area contributed by atoms with Gasteiger partial charge in [0.1, 0.15) is 0 Å². The molecule has 0 spiro atoms. The van der Waals surface area contributed by atoms with E-state index in [0.717, 1.165) is 5.56 Å². The monoisotopic (exact) mass is 429 g/mol. The van der Waals surface area contributed by atoms with Gasteiger partial charge in [-0.2, -0.15) is 5.10 Å². The van der Waals surface area contributed by atoms with Crippen molar-refractivity contribution in [3.63, 3.8) is 0 Å². The van der Waals surface area contributed by atoms with Crippen LogP contribution in [0.3, 0.4) is 0 Å². The summed E-state index contributed by atoms with van der Waals surface area (Å²) in [5.41, 5.74) is 3.66. The van der Waals surface area contributed by atoms with Crippen LogP contribution >= 0.6 is 0 Å². The van der Waals surface area contributed by atoms with Crippen LogP contribution in [0.25, 0.3) is 0 Å². The van der Waals surface area contributed by atoms with Crippen molar-refractivity contribution in [2.75, 3.05) is 35.0 Å². The zero-order valence-electron chi connectivity index (χ0n) is 18.1. The molecule has 9 nitrogen and oxygen atoms in total. The van der Waals surface area contributed by atoms with Crippen LogP contribution in [-0.2, 0) is 4.79 Å². The van der Waals surface area contributed by atoms with E-state index >= 15 is 0 Å². The van der Waals surface area contributed by atoms with E-state index < -0.39 is 0 Å². The summed E-state index contributed by atoms with van der Waals surface area (Å²) < 4.78 is 20.7. The van der Waals surface area contributed by atoms with E-state index in [1.807, 2.05) is 0 Å². The summed E-state index contributed by atoms with van der Waals surface area (Å²) in [4.78, 5) is 24.1. The average Bonchev–Trinajstić information content (AvgIpc) is 2.80. The summed E-state index contributed by atoms with van der Waals surface area (Å²) in [6, 6.07) is 10.2. The molecule has 0 heterocycles. The zero-order chi connectivity index (χ0) is 22.6. The van der Waals surface area contributed by atoms with Crippen molar-refractivity contribution in [2.45, 2.75) is 12.8 Å². The second kappa shape index (κ2) is 12.1. The highest BCUT2D eigenvalue weighted by molar-refractivity contribution is 5.94. The summed E-state index contributed by atoms with van der Waals surface area (Å²) in [5.74, 6) is 1.69. The fourth-order valence-electron chi connectivity index (χ4n) is 2.70. The fourth-order valence-corrected chi connectivity index (χ4v) is 2.70. The molecular formula is C22H27N3O6. The number of nitrogens with one attached hydrogen (secondary N) is 2. The zero-order valence-corrected chi connectivity index (χ0v) is 18.1. The van der Waals surface area contributed by atoms with Gasteiger partial charge >= 0.3 is 0 Å². The number of ether oxygens (including phenoxy) is 4. The maximum Gasteiger partial charge on any atom is 0.251 e. The molecule has 0 aliphatic rings. The molecule has 2 aromatic carbocycles. The largest absolute Gasteiger partial charge is 0.493 e. The maximum atomic E-state index is 12.2. The van der Waals surface area contributed by atoms with E-state index in [1.54, 1.807) is 50.6 Å². The van der Waals surface area contributed by atoms with Gasteiger partial charge in [0.2, 0.25) is 5.91 Å². The Kier molecular flexibility index (Phi) is 9.15. The number of carbonyl (C=O) groups is 2. The van der Waals surface area contributed by atoms with Crippen molar-refractivity contribution < 1.29 is 28.5 Å². The van der Waals surface area contributed by atoms with Crippen LogP contribution in [-0.4, -0.2) is 53.0 Å². The molecule has 31 heavy (non-hydrogen) atoms. The summed E-state index contributed by atoms with van der Waals surface area (Å²) in [7, 11) is 6.14. The molecule has 2 amide bonds. The number of rotatable bonds is 11. The van der Waals surface area contributed by atoms with Crippen LogP contribution in [0.2, 0.25) is 0 Å². The molecule has 0 bridgehead atoms. The van der Waals surface area contributed by atoms with Gasteiger partial charge in [-0.1, -0.05) is 0 Å². The van der Waals surface area contributed by atoms with Gasteiger partial charge in [-0.25, -0.2) is 5.43 Å². The third kappa shape index (κ3) is 6.91.